The second-order valence-electron chi connectivity index (χ2n) is 9.17. The first-order chi connectivity index (χ1) is 14.2. The number of fused-ring (bicyclic) bond motifs is 1. The summed E-state index contributed by atoms with van der Waals surface area (Å²) in [5.41, 5.74) is 1.70. The van der Waals surface area contributed by atoms with Gasteiger partial charge in [-0.2, -0.15) is 4.31 Å². The highest BCUT2D eigenvalue weighted by molar-refractivity contribution is 7.89. The minimum absolute atomic E-state index is 0.0338. The molecule has 164 valence electrons. The van der Waals surface area contributed by atoms with Gasteiger partial charge in [0.05, 0.1) is 11.4 Å². The van der Waals surface area contributed by atoms with Crippen LogP contribution in [0.3, 0.4) is 0 Å². The summed E-state index contributed by atoms with van der Waals surface area (Å²) in [5, 5.41) is 0. The van der Waals surface area contributed by atoms with Gasteiger partial charge in [-0.15, -0.1) is 0 Å². The molecule has 7 nitrogen and oxygen atoms in total. The maximum absolute atomic E-state index is 13.1. The van der Waals surface area contributed by atoms with Gasteiger partial charge in [-0.25, -0.2) is 8.42 Å². The first-order valence-corrected chi connectivity index (χ1v) is 12.3. The van der Waals surface area contributed by atoms with E-state index in [4.69, 9.17) is 0 Å². The Balaban J connectivity index is 1.50. The minimum Gasteiger partial charge on any atom is -0.341 e. The smallest absolute Gasteiger partial charge is 0.243 e. The molecule has 2 fully saturated rings. The first-order valence-electron chi connectivity index (χ1n) is 10.9. The molecule has 2 heterocycles. The first kappa shape index (κ1) is 21.3. The Morgan fingerprint density at radius 2 is 1.90 bits per heavy atom. The van der Waals surface area contributed by atoms with E-state index in [1.54, 1.807) is 23.1 Å². The van der Waals surface area contributed by atoms with Crippen molar-refractivity contribution in [3.8, 4) is 0 Å². The van der Waals surface area contributed by atoms with Crippen LogP contribution in [0, 0.1) is 11.8 Å². The predicted molar refractivity (Wildman–Crippen MR) is 115 cm³/mol. The molecule has 30 heavy (non-hydrogen) atoms. The van der Waals surface area contributed by atoms with Crippen molar-refractivity contribution >= 4 is 27.5 Å². The van der Waals surface area contributed by atoms with Crippen LogP contribution in [-0.2, 0) is 26.0 Å². The van der Waals surface area contributed by atoms with Crippen molar-refractivity contribution in [2.75, 3.05) is 31.6 Å². The van der Waals surface area contributed by atoms with Gasteiger partial charge >= 0.3 is 0 Å². The standard InChI is InChI=1S/C22H31N3O4S/c1-15-5-4-10-24(13-15)21(26)14-23(3)30(28,29)19-8-9-20-18(12-19)11-16(2)25(20)22(27)17-6-7-17/h8-9,12,15-17H,4-7,10-11,13-14H2,1-3H3/t15-,16-/m0/s1. The Morgan fingerprint density at radius 1 is 1.17 bits per heavy atom. The van der Waals surface area contributed by atoms with Gasteiger partial charge in [0.1, 0.15) is 0 Å². The lowest BCUT2D eigenvalue weighted by molar-refractivity contribution is -0.132. The lowest BCUT2D eigenvalue weighted by Gasteiger charge is -2.32. The van der Waals surface area contributed by atoms with Crippen LogP contribution in [0.1, 0.15) is 45.1 Å². The third-order valence-electron chi connectivity index (χ3n) is 6.51. The number of nitrogens with zero attached hydrogens (tertiary/aromatic N) is 3. The fourth-order valence-electron chi connectivity index (χ4n) is 4.60. The second kappa shape index (κ2) is 7.96. The Hall–Kier alpha value is -1.93. The summed E-state index contributed by atoms with van der Waals surface area (Å²) in [5.74, 6) is 0.569. The Labute approximate surface area is 179 Å². The molecule has 0 aromatic heterocycles. The number of likely N-dealkylation sites (N-methyl/N-ethyl adjacent to an activating group) is 1. The van der Waals surface area contributed by atoms with E-state index in [0.29, 0.717) is 25.4 Å². The van der Waals surface area contributed by atoms with E-state index >= 15 is 0 Å². The highest BCUT2D eigenvalue weighted by atomic mass is 32.2. The van der Waals surface area contributed by atoms with Crippen molar-refractivity contribution in [2.24, 2.45) is 11.8 Å². The summed E-state index contributed by atoms with van der Waals surface area (Å²) >= 11 is 0. The quantitative estimate of drug-likeness (QED) is 0.714. The number of likely N-dealkylation sites (tertiary alicyclic amines) is 1. The highest BCUT2D eigenvalue weighted by Crippen LogP contribution is 2.39. The molecule has 1 aromatic rings. The van der Waals surface area contributed by atoms with E-state index in [1.165, 1.54) is 7.05 Å². The van der Waals surface area contributed by atoms with Gasteiger partial charge in [0, 0.05) is 37.8 Å². The van der Waals surface area contributed by atoms with Crippen molar-refractivity contribution in [3.05, 3.63) is 23.8 Å². The lowest BCUT2D eigenvalue weighted by Crippen LogP contribution is -2.45. The molecule has 1 saturated heterocycles. The molecule has 0 bridgehead atoms. The summed E-state index contributed by atoms with van der Waals surface area (Å²) in [6, 6.07) is 5.01. The lowest BCUT2D eigenvalue weighted by atomic mass is 10.0. The SMILES string of the molecule is C[C@H]1CCCN(C(=O)CN(C)S(=O)(=O)c2ccc3c(c2)C[C@H](C)N3C(=O)C2CC2)C1. The van der Waals surface area contributed by atoms with Gasteiger partial charge in [-0.05, 0) is 68.7 Å². The monoisotopic (exact) mass is 433 g/mol. The summed E-state index contributed by atoms with van der Waals surface area (Å²) in [6.45, 7) is 5.34. The third kappa shape index (κ3) is 3.99. The number of benzene rings is 1. The van der Waals surface area contributed by atoms with Crippen LogP contribution in [-0.4, -0.2) is 62.2 Å². The number of piperidine rings is 1. The zero-order chi connectivity index (χ0) is 21.6. The molecule has 1 aliphatic carbocycles. The number of anilines is 1. The average Bonchev–Trinajstić information content (AvgIpc) is 3.49. The zero-order valence-electron chi connectivity index (χ0n) is 18.0. The Bertz CT molecular complexity index is 957. The van der Waals surface area contributed by atoms with Crippen molar-refractivity contribution in [1.29, 1.82) is 0 Å². The normalized spacial score (nSPS) is 24.3. The second-order valence-corrected chi connectivity index (χ2v) is 11.2. The molecule has 2 atom stereocenters. The van der Waals surface area contributed by atoms with E-state index in [0.717, 1.165) is 41.2 Å². The molecule has 2 aliphatic heterocycles. The Kier molecular flexibility index (Phi) is 5.66. The number of amides is 2. The van der Waals surface area contributed by atoms with E-state index in [-0.39, 0.29) is 35.2 Å². The molecule has 0 N–H and O–H groups in total. The number of sulfonamides is 1. The van der Waals surface area contributed by atoms with Crippen molar-refractivity contribution in [2.45, 2.75) is 56.9 Å². The summed E-state index contributed by atoms with van der Waals surface area (Å²) in [4.78, 5) is 29.0. The minimum atomic E-state index is -3.78. The molecule has 1 saturated carbocycles. The fourth-order valence-corrected chi connectivity index (χ4v) is 5.77. The van der Waals surface area contributed by atoms with Crippen LogP contribution in [0.2, 0.25) is 0 Å². The largest absolute Gasteiger partial charge is 0.341 e. The Morgan fingerprint density at radius 3 is 2.57 bits per heavy atom. The molecule has 8 heteroatoms. The van der Waals surface area contributed by atoms with Crippen LogP contribution in [0.4, 0.5) is 5.69 Å². The van der Waals surface area contributed by atoms with E-state index in [2.05, 4.69) is 6.92 Å². The van der Waals surface area contributed by atoms with Crippen molar-refractivity contribution in [3.63, 3.8) is 0 Å². The number of carbonyl (C=O) groups excluding carboxylic acids is 2. The van der Waals surface area contributed by atoms with Crippen LogP contribution in [0.25, 0.3) is 0 Å². The van der Waals surface area contributed by atoms with Gasteiger partial charge < -0.3 is 9.80 Å². The van der Waals surface area contributed by atoms with Crippen LogP contribution in [0.15, 0.2) is 23.1 Å². The van der Waals surface area contributed by atoms with Gasteiger partial charge in [0.25, 0.3) is 0 Å². The molecule has 1 aromatic carbocycles. The molecule has 4 rings (SSSR count). The molecule has 0 radical (unpaired) electrons. The van der Waals surface area contributed by atoms with Crippen LogP contribution >= 0.6 is 0 Å². The highest BCUT2D eigenvalue weighted by Gasteiger charge is 2.40. The molecule has 3 aliphatic rings. The number of rotatable bonds is 5. The molecular formula is C22H31N3O4S. The summed E-state index contributed by atoms with van der Waals surface area (Å²) in [6.07, 6.45) is 4.59. The van der Waals surface area contributed by atoms with Gasteiger partial charge in [0.2, 0.25) is 21.8 Å². The third-order valence-corrected chi connectivity index (χ3v) is 8.31. The zero-order valence-corrected chi connectivity index (χ0v) is 18.8. The number of hydrogen-bond acceptors (Lipinski definition) is 4. The number of hydrogen-bond donors (Lipinski definition) is 0. The summed E-state index contributed by atoms with van der Waals surface area (Å²) in [7, 11) is -2.33. The molecular weight excluding hydrogens is 402 g/mol. The molecule has 2 amide bonds. The molecule has 0 unspecified atom stereocenters. The van der Waals surface area contributed by atoms with Crippen LogP contribution in [0.5, 0.6) is 0 Å². The fraction of sp³-hybridized carbons (Fsp3) is 0.636. The van der Waals surface area contributed by atoms with Crippen molar-refractivity contribution in [1.82, 2.24) is 9.21 Å². The van der Waals surface area contributed by atoms with Crippen molar-refractivity contribution < 1.29 is 18.0 Å². The summed E-state index contributed by atoms with van der Waals surface area (Å²) < 4.78 is 27.3. The van der Waals surface area contributed by atoms with Gasteiger partial charge in [0.15, 0.2) is 0 Å². The van der Waals surface area contributed by atoms with E-state index in [1.807, 2.05) is 11.8 Å². The maximum Gasteiger partial charge on any atom is 0.243 e. The van der Waals surface area contributed by atoms with E-state index < -0.39 is 10.0 Å². The van der Waals surface area contributed by atoms with Crippen LogP contribution < -0.4 is 4.90 Å². The number of carbonyl (C=O) groups is 2. The van der Waals surface area contributed by atoms with Gasteiger partial charge in [-0.1, -0.05) is 6.92 Å². The molecule has 0 spiro atoms. The van der Waals surface area contributed by atoms with Gasteiger partial charge in [-0.3, -0.25) is 9.59 Å². The maximum atomic E-state index is 13.1. The van der Waals surface area contributed by atoms with E-state index in [9.17, 15) is 18.0 Å². The topological polar surface area (TPSA) is 78.0 Å². The average molecular weight is 434 g/mol. The predicted octanol–water partition coefficient (Wildman–Crippen LogP) is 2.25.